The molecule has 0 radical (unpaired) electrons. The topological polar surface area (TPSA) is 61.3 Å². The van der Waals surface area contributed by atoms with Gasteiger partial charge in [-0.3, -0.25) is 0 Å². The van der Waals surface area contributed by atoms with Crippen molar-refractivity contribution < 1.29 is 13.7 Å². The van der Waals surface area contributed by atoms with Crippen LogP contribution in [0.2, 0.25) is 5.02 Å². The predicted molar refractivity (Wildman–Crippen MR) is 99.8 cm³/mol. The van der Waals surface area contributed by atoms with Crippen molar-refractivity contribution in [3.8, 4) is 17.3 Å². The normalized spacial score (nSPS) is 11.2. The van der Waals surface area contributed by atoms with E-state index in [1.165, 1.54) is 5.56 Å². The number of nitrogens with zero attached hydrogens (tertiary/aromatic N) is 2. The standard InChI is InChI=1S/C20H17ClN2O3/c1-11-4-6-16-14(8-11)12(2)19(25-16)20-22-18(26-23-20)10-13-5-7-17(24-3)15(21)9-13/h4-9H,10H2,1-3H3. The van der Waals surface area contributed by atoms with E-state index in [1.807, 2.05) is 37.3 Å². The highest BCUT2D eigenvalue weighted by atomic mass is 35.5. The van der Waals surface area contributed by atoms with E-state index < -0.39 is 0 Å². The maximum Gasteiger partial charge on any atom is 0.238 e. The van der Waals surface area contributed by atoms with Crippen molar-refractivity contribution in [3.05, 3.63) is 64.0 Å². The van der Waals surface area contributed by atoms with Crippen molar-refractivity contribution in [1.29, 1.82) is 0 Å². The maximum absolute atomic E-state index is 6.17. The third-order valence-electron chi connectivity index (χ3n) is 4.33. The first-order valence-corrected chi connectivity index (χ1v) is 8.58. The Morgan fingerprint density at radius 2 is 1.96 bits per heavy atom. The molecule has 0 spiro atoms. The van der Waals surface area contributed by atoms with Crippen molar-refractivity contribution >= 4 is 22.6 Å². The summed E-state index contributed by atoms with van der Waals surface area (Å²) in [5, 5.41) is 5.69. The summed E-state index contributed by atoms with van der Waals surface area (Å²) < 4.78 is 16.5. The molecule has 4 aromatic rings. The monoisotopic (exact) mass is 368 g/mol. The zero-order chi connectivity index (χ0) is 18.3. The smallest absolute Gasteiger partial charge is 0.238 e. The van der Waals surface area contributed by atoms with E-state index in [2.05, 4.69) is 23.1 Å². The third-order valence-corrected chi connectivity index (χ3v) is 4.63. The van der Waals surface area contributed by atoms with Gasteiger partial charge < -0.3 is 13.7 Å². The van der Waals surface area contributed by atoms with Crippen LogP contribution in [0, 0.1) is 13.8 Å². The summed E-state index contributed by atoms with van der Waals surface area (Å²) in [6, 6.07) is 11.6. The highest BCUT2D eigenvalue weighted by molar-refractivity contribution is 6.32. The summed E-state index contributed by atoms with van der Waals surface area (Å²) >= 11 is 6.17. The molecule has 0 N–H and O–H groups in total. The van der Waals surface area contributed by atoms with Crippen molar-refractivity contribution in [1.82, 2.24) is 10.1 Å². The maximum atomic E-state index is 6.17. The number of halogens is 1. The van der Waals surface area contributed by atoms with E-state index in [0.717, 1.165) is 22.1 Å². The molecule has 6 heteroatoms. The molecule has 2 heterocycles. The molecular formula is C20H17ClN2O3. The second-order valence-electron chi connectivity index (χ2n) is 6.21. The average molecular weight is 369 g/mol. The Bertz CT molecular complexity index is 1100. The minimum absolute atomic E-state index is 0.450. The minimum atomic E-state index is 0.450. The van der Waals surface area contributed by atoms with Gasteiger partial charge in [-0.2, -0.15) is 4.98 Å². The molecule has 4 rings (SSSR count). The lowest BCUT2D eigenvalue weighted by molar-refractivity contribution is 0.384. The molecule has 132 valence electrons. The van der Waals surface area contributed by atoms with Crippen molar-refractivity contribution in [3.63, 3.8) is 0 Å². The molecule has 0 atom stereocenters. The summed E-state index contributed by atoms with van der Waals surface area (Å²) in [7, 11) is 1.59. The SMILES string of the molecule is COc1ccc(Cc2nc(-c3oc4ccc(C)cc4c3C)no2)cc1Cl. The molecular weight excluding hydrogens is 352 g/mol. The highest BCUT2D eigenvalue weighted by Gasteiger charge is 2.18. The number of hydrogen-bond acceptors (Lipinski definition) is 5. The molecule has 0 bridgehead atoms. The van der Waals surface area contributed by atoms with Gasteiger partial charge in [0.2, 0.25) is 11.7 Å². The summed E-state index contributed by atoms with van der Waals surface area (Å²) in [6.45, 7) is 4.05. The first-order valence-electron chi connectivity index (χ1n) is 8.20. The van der Waals surface area contributed by atoms with Crippen LogP contribution in [0.5, 0.6) is 5.75 Å². The summed E-state index contributed by atoms with van der Waals surface area (Å²) in [5.41, 5.74) is 3.96. The highest BCUT2D eigenvalue weighted by Crippen LogP contribution is 2.32. The van der Waals surface area contributed by atoms with Gasteiger partial charge in [-0.25, -0.2) is 0 Å². The van der Waals surface area contributed by atoms with E-state index in [9.17, 15) is 0 Å². The van der Waals surface area contributed by atoms with Gasteiger partial charge in [-0.05, 0) is 43.7 Å². The first kappa shape index (κ1) is 16.7. The number of ether oxygens (including phenoxy) is 1. The first-order chi connectivity index (χ1) is 12.5. The molecule has 0 amide bonds. The van der Waals surface area contributed by atoms with Crippen LogP contribution in [-0.4, -0.2) is 17.3 Å². The molecule has 2 aromatic carbocycles. The fraction of sp³-hybridized carbons (Fsp3) is 0.200. The Balaban J connectivity index is 1.64. The third kappa shape index (κ3) is 2.95. The number of fused-ring (bicyclic) bond motifs is 1. The number of aromatic nitrogens is 2. The van der Waals surface area contributed by atoms with Gasteiger partial charge in [0.1, 0.15) is 11.3 Å². The fourth-order valence-corrected chi connectivity index (χ4v) is 3.24. The Morgan fingerprint density at radius 3 is 2.73 bits per heavy atom. The lowest BCUT2D eigenvalue weighted by atomic mass is 10.1. The van der Waals surface area contributed by atoms with Crippen molar-refractivity contribution in [2.75, 3.05) is 7.11 Å². The zero-order valence-corrected chi connectivity index (χ0v) is 15.4. The minimum Gasteiger partial charge on any atom is -0.495 e. The van der Waals surface area contributed by atoms with Crippen LogP contribution in [0.25, 0.3) is 22.6 Å². The second-order valence-corrected chi connectivity index (χ2v) is 6.62. The van der Waals surface area contributed by atoms with Crippen LogP contribution in [0.4, 0.5) is 0 Å². The molecule has 0 aliphatic heterocycles. The molecule has 0 saturated carbocycles. The Hall–Kier alpha value is -2.79. The Kier molecular flexibility index (Phi) is 4.17. The van der Waals surface area contributed by atoms with Gasteiger partial charge in [0, 0.05) is 10.9 Å². The second kappa shape index (κ2) is 6.50. The van der Waals surface area contributed by atoms with Crippen LogP contribution in [0.1, 0.15) is 22.6 Å². The molecule has 5 nitrogen and oxygen atoms in total. The molecule has 0 fully saturated rings. The van der Waals surface area contributed by atoms with Crippen LogP contribution in [-0.2, 0) is 6.42 Å². The van der Waals surface area contributed by atoms with E-state index in [1.54, 1.807) is 7.11 Å². The average Bonchev–Trinajstić information content (AvgIpc) is 3.20. The van der Waals surface area contributed by atoms with Gasteiger partial charge in [-0.15, -0.1) is 0 Å². The molecule has 0 unspecified atom stereocenters. The number of aryl methyl sites for hydroxylation is 2. The van der Waals surface area contributed by atoms with Crippen LogP contribution in [0.15, 0.2) is 45.3 Å². The van der Waals surface area contributed by atoms with E-state index in [4.69, 9.17) is 25.3 Å². The summed E-state index contributed by atoms with van der Waals surface area (Å²) in [4.78, 5) is 4.48. The molecule has 0 saturated heterocycles. The van der Waals surface area contributed by atoms with E-state index in [0.29, 0.717) is 34.7 Å². The Labute approximate surface area is 155 Å². The lowest BCUT2D eigenvalue weighted by Gasteiger charge is -2.04. The van der Waals surface area contributed by atoms with Crippen molar-refractivity contribution in [2.24, 2.45) is 0 Å². The van der Waals surface area contributed by atoms with Gasteiger partial charge in [0.25, 0.3) is 0 Å². The predicted octanol–water partition coefficient (Wildman–Crippen LogP) is 5.35. The van der Waals surface area contributed by atoms with Crippen LogP contribution in [0.3, 0.4) is 0 Å². The Morgan fingerprint density at radius 1 is 1.12 bits per heavy atom. The number of furan rings is 1. The number of rotatable bonds is 4. The van der Waals surface area contributed by atoms with Crippen LogP contribution >= 0.6 is 11.6 Å². The van der Waals surface area contributed by atoms with Crippen LogP contribution < -0.4 is 4.74 Å². The molecule has 26 heavy (non-hydrogen) atoms. The summed E-state index contributed by atoms with van der Waals surface area (Å²) in [6.07, 6.45) is 0.481. The summed E-state index contributed by atoms with van der Waals surface area (Å²) in [5.74, 6) is 2.21. The van der Waals surface area contributed by atoms with E-state index >= 15 is 0 Å². The largest absolute Gasteiger partial charge is 0.495 e. The van der Waals surface area contributed by atoms with Gasteiger partial charge in [0.05, 0.1) is 18.6 Å². The zero-order valence-electron chi connectivity index (χ0n) is 14.7. The molecule has 0 aliphatic rings. The van der Waals surface area contributed by atoms with Crippen molar-refractivity contribution in [2.45, 2.75) is 20.3 Å². The number of benzene rings is 2. The van der Waals surface area contributed by atoms with E-state index in [-0.39, 0.29) is 0 Å². The fourth-order valence-electron chi connectivity index (χ4n) is 2.96. The number of hydrogen-bond donors (Lipinski definition) is 0. The quantitative estimate of drug-likeness (QED) is 0.485. The lowest BCUT2D eigenvalue weighted by Crippen LogP contribution is -1.91. The van der Waals surface area contributed by atoms with Gasteiger partial charge in [-0.1, -0.05) is 34.5 Å². The number of methoxy groups -OCH3 is 1. The van der Waals surface area contributed by atoms with Gasteiger partial charge in [0.15, 0.2) is 5.76 Å². The molecule has 0 aliphatic carbocycles. The molecule has 2 aromatic heterocycles. The van der Waals surface area contributed by atoms with Gasteiger partial charge >= 0.3 is 0 Å².